The van der Waals surface area contributed by atoms with E-state index in [0.29, 0.717) is 0 Å². The minimum Gasteiger partial charge on any atom is -0.311 e. The standard InChI is InChI=1S/C16H17Cl3N2OS2/c1-3-23-14(16(17,18)19)21(2)15(22)20-13-9-12(10-24-13)11-7-5-4-6-8-11/h4-10,14H,3H2,1-2H3,(H,20,22). The molecule has 2 amide bonds. The number of thiophene rings is 1. The van der Waals surface area contributed by atoms with Crippen molar-refractivity contribution in [1.82, 2.24) is 4.90 Å². The highest BCUT2D eigenvalue weighted by Crippen LogP contribution is 2.39. The van der Waals surface area contributed by atoms with Crippen molar-refractivity contribution < 1.29 is 4.79 Å². The van der Waals surface area contributed by atoms with Gasteiger partial charge in [-0.3, -0.25) is 5.32 Å². The van der Waals surface area contributed by atoms with Crippen molar-refractivity contribution in [3.8, 4) is 11.1 Å². The van der Waals surface area contributed by atoms with Gasteiger partial charge in [-0.2, -0.15) is 0 Å². The summed E-state index contributed by atoms with van der Waals surface area (Å²) >= 11 is 20.8. The second kappa shape index (κ2) is 8.68. The molecule has 0 bridgehead atoms. The van der Waals surface area contributed by atoms with Gasteiger partial charge in [0.25, 0.3) is 0 Å². The van der Waals surface area contributed by atoms with E-state index < -0.39 is 9.17 Å². The molecule has 1 unspecified atom stereocenters. The summed E-state index contributed by atoms with van der Waals surface area (Å²) in [6.45, 7) is 1.95. The van der Waals surface area contributed by atoms with Gasteiger partial charge < -0.3 is 4.90 Å². The molecule has 0 radical (unpaired) electrons. The molecule has 1 aromatic carbocycles. The van der Waals surface area contributed by atoms with Crippen LogP contribution in [0.4, 0.5) is 9.80 Å². The molecule has 2 rings (SSSR count). The van der Waals surface area contributed by atoms with Crippen LogP contribution in [-0.4, -0.2) is 32.9 Å². The van der Waals surface area contributed by atoms with Gasteiger partial charge in [-0.25, -0.2) is 4.79 Å². The molecule has 3 nitrogen and oxygen atoms in total. The van der Waals surface area contributed by atoms with Crippen LogP contribution in [0.1, 0.15) is 6.92 Å². The Morgan fingerprint density at radius 1 is 1.29 bits per heavy atom. The molecular formula is C16H17Cl3N2OS2. The van der Waals surface area contributed by atoms with Crippen LogP contribution in [0, 0.1) is 0 Å². The maximum atomic E-state index is 12.5. The Morgan fingerprint density at radius 3 is 2.54 bits per heavy atom. The van der Waals surface area contributed by atoms with E-state index in [1.54, 1.807) is 7.05 Å². The number of hydrogen-bond acceptors (Lipinski definition) is 3. The number of halogens is 3. The summed E-state index contributed by atoms with van der Waals surface area (Å²) in [5.74, 6) is 0.730. The van der Waals surface area contributed by atoms with E-state index in [4.69, 9.17) is 34.8 Å². The molecule has 0 fully saturated rings. The fourth-order valence-corrected chi connectivity index (χ4v) is 4.70. The Bertz CT molecular complexity index is 673. The second-order valence-electron chi connectivity index (χ2n) is 4.96. The number of anilines is 1. The number of alkyl halides is 3. The number of hydrogen-bond donors (Lipinski definition) is 1. The first kappa shape index (κ1) is 19.7. The highest BCUT2D eigenvalue weighted by molar-refractivity contribution is 8.00. The Hall–Kier alpha value is -0.590. The first-order valence-corrected chi connectivity index (χ1v) is 10.2. The third-order valence-corrected chi connectivity index (χ3v) is 6.39. The Kier molecular flexibility index (Phi) is 7.13. The van der Waals surface area contributed by atoms with Crippen molar-refractivity contribution in [1.29, 1.82) is 0 Å². The smallest absolute Gasteiger partial charge is 0.311 e. The van der Waals surface area contributed by atoms with E-state index in [9.17, 15) is 4.79 Å². The molecule has 2 aromatic rings. The van der Waals surface area contributed by atoms with Crippen LogP contribution in [0.5, 0.6) is 0 Å². The zero-order valence-electron chi connectivity index (χ0n) is 13.1. The summed E-state index contributed by atoms with van der Waals surface area (Å²) in [6.07, 6.45) is 0. The van der Waals surface area contributed by atoms with Gasteiger partial charge in [-0.15, -0.1) is 23.1 Å². The van der Waals surface area contributed by atoms with Crippen LogP contribution in [-0.2, 0) is 0 Å². The SMILES string of the molecule is CCSC(N(C)C(=O)Nc1cc(-c2ccccc2)cs1)C(Cl)(Cl)Cl. The highest BCUT2D eigenvalue weighted by Gasteiger charge is 2.38. The van der Waals surface area contributed by atoms with Gasteiger partial charge in [0.1, 0.15) is 5.37 Å². The molecule has 0 aliphatic carbocycles. The summed E-state index contributed by atoms with van der Waals surface area (Å²) in [4.78, 5) is 13.9. The monoisotopic (exact) mass is 422 g/mol. The van der Waals surface area contributed by atoms with Gasteiger partial charge in [0.15, 0.2) is 0 Å². The van der Waals surface area contributed by atoms with E-state index in [0.717, 1.165) is 21.9 Å². The fraction of sp³-hybridized carbons (Fsp3) is 0.312. The van der Waals surface area contributed by atoms with Gasteiger partial charge >= 0.3 is 6.03 Å². The van der Waals surface area contributed by atoms with E-state index >= 15 is 0 Å². The lowest BCUT2D eigenvalue weighted by molar-refractivity contribution is 0.219. The summed E-state index contributed by atoms with van der Waals surface area (Å²) in [5, 5.41) is 5.03. The Labute approximate surface area is 165 Å². The van der Waals surface area contributed by atoms with Crippen molar-refractivity contribution in [2.75, 3.05) is 18.1 Å². The predicted octanol–water partition coefficient (Wildman–Crippen LogP) is 6.33. The minimum absolute atomic E-state index is 0.311. The normalized spacial score (nSPS) is 12.7. The van der Waals surface area contributed by atoms with Crippen LogP contribution in [0.3, 0.4) is 0 Å². The largest absolute Gasteiger partial charge is 0.323 e. The molecule has 1 N–H and O–H groups in total. The molecule has 0 aliphatic rings. The minimum atomic E-state index is -1.56. The van der Waals surface area contributed by atoms with Crippen LogP contribution < -0.4 is 5.32 Å². The third kappa shape index (κ3) is 5.20. The molecule has 0 aliphatic heterocycles. The molecule has 0 saturated heterocycles. The topological polar surface area (TPSA) is 32.3 Å². The number of urea groups is 1. The maximum Gasteiger partial charge on any atom is 0.323 e. The lowest BCUT2D eigenvalue weighted by atomic mass is 10.1. The van der Waals surface area contributed by atoms with Crippen LogP contribution in [0.15, 0.2) is 41.8 Å². The fourth-order valence-electron chi connectivity index (χ4n) is 2.07. The molecule has 1 atom stereocenters. The summed E-state index contributed by atoms with van der Waals surface area (Å²) in [7, 11) is 1.62. The van der Waals surface area contributed by atoms with Gasteiger partial charge in [-0.1, -0.05) is 72.1 Å². The number of benzene rings is 1. The quantitative estimate of drug-likeness (QED) is 0.450. The highest BCUT2D eigenvalue weighted by atomic mass is 35.6. The van der Waals surface area contributed by atoms with Crippen LogP contribution in [0.25, 0.3) is 11.1 Å². The molecule has 8 heteroatoms. The van der Waals surface area contributed by atoms with Crippen LogP contribution >= 0.6 is 57.9 Å². The first-order valence-electron chi connectivity index (χ1n) is 7.19. The zero-order valence-corrected chi connectivity index (χ0v) is 17.0. The summed E-state index contributed by atoms with van der Waals surface area (Å²) < 4.78 is -1.56. The van der Waals surface area contributed by atoms with Crippen molar-refractivity contribution in [3.05, 3.63) is 41.8 Å². The molecule has 24 heavy (non-hydrogen) atoms. The zero-order chi connectivity index (χ0) is 17.7. The number of rotatable bonds is 5. The van der Waals surface area contributed by atoms with E-state index in [2.05, 4.69) is 5.32 Å². The molecule has 1 heterocycles. The van der Waals surface area contributed by atoms with Crippen LogP contribution in [0.2, 0.25) is 0 Å². The maximum absolute atomic E-state index is 12.5. The third-order valence-electron chi connectivity index (χ3n) is 3.21. The average molecular weight is 424 g/mol. The number of nitrogens with zero attached hydrogens (tertiary/aromatic N) is 1. The average Bonchev–Trinajstić information content (AvgIpc) is 3.00. The van der Waals surface area contributed by atoms with E-state index in [1.807, 2.05) is 48.7 Å². The number of carbonyl (C=O) groups excluding carboxylic acids is 1. The van der Waals surface area contributed by atoms with Crippen molar-refractivity contribution in [3.63, 3.8) is 0 Å². The molecule has 130 valence electrons. The summed E-state index contributed by atoms with van der Waals surface area (Å²) in [6, 6.07) is 11.6. The van der Waals surface area contributed by atoms with E-state index in [1.165, 1.54) is 28.0 Å². The number of carbonyl (C=O) groups is 1. The molecule has 0 saturated carbocycles. The second-order valence-corrected chi connectivity index (χ2v) is 9.59. The van der Waals surface area contributed by atoms with Gasteiger partial charge in [-0.05, 0) is 22.9 Å². The van der Waals surface area contributed by atoms with Crippen molar-refractivity contribution in [2.24, 2.45) is 0 Å². The number of nitrogens with one attached hydrogen (secondary N) is 1. The summed E-state index contributed by atoms with van der Waals surface area (Å²) in [5.41, 5.74) is 2.16. The molecule has 1 aromatic heterocycles. The number of amides is 2. The van der Waals surface area contributed by atoms with Crippen molar-refractivity contribution >= 4 is 68.9 Å². The Morgan fingerprint density at radius 2 is 1.96 bits per heavy atom. The van der Waals surface area contributed by atoms with Gasteiger partial charge in [0.05, 0.1) is 5.00 Å². The lowest BCUT2D eigenvalue weighted by Gasteiger charge is -2.32. The van der Waals surface area contributed by atoms with Crippen molar-refractivity contribution in [2.45, 2.75) is 16.1 Å². The molecule has 0 spiro atoms. The first-order chi connectivity index (χ1) is 11.3. The lowest BCUT2D eigenvalue weighted by Crippen LogP contribution is -2.45. The number of thioether (sulfide) groups is 1. The predicted molar refractivity (Wildman–Crippen MR) is 109 cm³/mol. The van der Waals surface area contributed by atoms with E-state index in [-0.39, 0.29) is 6.03 Å². The Balaban J connectivity index is 2.08. The molecular weight excluding hydrogens is 407 g/mol. The van der Waals surface area contributed by atoms with Gasteiger partial charge in [0, 0.05) is 12.4 Å². The van der Waals surface area contributed by atoms with Gasteiger partial charge in [0.2, 0.25) is 3.79 Å².